The van der Waals surface area contributed by atoms with E-state index >= 15 is 0 Å². The fourth-order valence-electron chi connectivity index (χ4n) is 3.65. The van der Waals surface area contributed by atoms with Gasteiger partial charge in [-0.25, -0.2) is 0 Å². The smallest absolute Gasteiger partial charge is 0.160 e. The number of hydrogen-bond acceptors (Lipinski definition) is 1. The lowest BCUT2D eigenvalue weighted by atomic mass is 9.95. The van der Waals surface area contributed by atoms with E-state index in [1.54, 1.807) is 6.08 Å². The molecule has 0 amide bonds. The zero-order valence-corrected chi connectivity index (χ0v) is 12.5. The van der Waals surface area contributed by atoms with Gasteiger partial charge in [-0.3, -0.25) is 4.79 Å². The van der Waals surface area contributed by atoms with E-state index in [-0.39, 0.29) is 5.78 Å². The molecule has 0 bridgehead atoms. The number of ketones is 1. The highest BCUT2D eigenvalue weighted by Crippen LogP contribution is 2.30. The quantitative estimate of drug-likeness (QED) is 0.452. The monoisotopic (exact) mass is 294 g/mol. The molecule has 0 aromatic heterocycles. The molecule has 0 atom stereocenters. The van der Waals surface area contributed by atoms with Gasteiger partial charge in [-0.1, -0.05) is 54.6 Å². The Hall–Kier alpha value is -2.93. The third kappa shape index (κ3) is 1.83. The highest BCUT2D eigenvalue weighted by Gasteiger charge is 2.07. The number of rotatable bonds is 0. The second kappa shape index (κ2) is 4.53. The molecule has 0 N–H and O–H groups in total. The second-order valence-corrected chi connectivity index (χ2v) is 6.17. The van der Waals surface area contributed by atoms with Crippen LogP contribution in [-0.4, -0.2) is 5.78 Å². The van der Waals surface area contributed by atoms with Gasteiger partial charge in [0.1, 0.15) is 0 Å². The SMILES string of the molecule is O=C1C=c2cc3ccc4c5ccccc5ccc4c3cc2=CC1. The third-order valence-electron chi connectivity index (χ3n) is 4.79. The number of carbonyl (C=O) groups is 1. The number of fused-ring (bicyclic) bond motifs is 6. The van der Waals surface area contributed by atoms with Crippen LogP contribution in [0.5, 0.6) is 0 Å². The van der Waals surface area contributed by atoms with Crippen molar-refractivity contribution in [3.63, 3.8) is 0 Å². The molecule has 0 radical (unpaired) electrons. The van der Waals surface area contributed by atoms with Crippen LogP contribution in [0.4, 0.5) is 0 Å². The van der Waals surface area contributed by atoms with E-state index in [2.05, 4.69) is 60.7 Å². The minimum atomic E-state index is 0.184. The van der Waals surface area contributed by atoms with Crippen LogP contribution >= 0.6 is 0 Å². The number of Topliss-reactive ketones (excluding diaryl/α,β-unsaturated/α-hetero) is 1. The Morgan fingerprint density at radius 2 is 1.43 bits per heavy atom. The zero-order chi connectivity index (χ0) is 15.4. The molecular weight excluding hydrogens is 280 g/mol. The van der Waals surface area contributed by atoms with E-state index in [1.165, 1.54) is 32.3 Å². The van der Waals surface area contributed by atoms with Gasteiger partial charge in [-0.2, -0.15) is 0 Å². The van der Waals surface area contributed by atoms with Gasteiger partial charge >= 0.3 is 0 Å². The number of hydrogen-bond donors (Lipinski definition) is 0. The predicted molar refractivity (Wildman–Crippen MR) is 96.8 cm³/mol. The molecule has 0 heterocycles. The van der Waals surface area contributed by atoms with Crippen LogP contribution in [0.1, 0.15) is 6.42 Å². The number of carbonyl (C=O) groups excluding carboxylic acids is 1. The molecule has 0 unspecified atom stereocenters. The average molecular weight is 294 g/mol. The first-order valence-electron chi connectivity index (χ1n) is 7.89. The lowest BCUT2D eigenvalue weighted by Gasteiger charge is -2.09. The van der Waals surface area contributed by atoms with Gasteiger partial charge in [0.25, 0.3) is 0 Å². The summed E-state index contributed by atoms with van der Waals surface area (Å²) in [6.45, 7) is 0. The number of benzene rings is 4. The average Bonchev–Trinajstić information content (AvgIpc) is 2.59. The molecule has 0 spiro atoms. The summed E-state index contributed by atoms with van der Waals surface area (Å²) in [5, 5.41) is 9.75. The minimum absolute atomic E-state index is 0.184. The van der Waals surface area contributed by atoms with Crippen LogP contribution in [0, 0.1) is 0 Å². The molecule has 23 heavy (non-hydrogen) atoms. The van der Waals surface area contributed by atoms with Crippen LogP contribution in [0.25, 0.3) is 44.5 Å². The van der Waals surface area contributed by atoms with E-state index in [4.69, 9.17) is 0 Å². The van der Waals surface area contributed by atoms with Gasteiger partial charge < -0.3 is 0 Å². The van der Waals surface area contributed by atoms with E-state index in [0.717, 1.165) is 10.4 Å². The van der Waals surface area contributed by atoms with E-state index in [1.807, 2.05) is 6.08 Å². The first kappa shape index (κ1) is 12.6. The van der Waals surface area contributed by atoms with Crippen molar-refractivity contribution in [1.82, 2.24) is 0 Å². The van der Waals surface area contributed by atoms with Crippen molar-refractivity contribution in [2.24, 2.45) is 0 Å². The Morgan fingerprint density at radius 3 is 2.35 bits per heavy atom. The van der Waals surface area contributed by atoms with Gasteiger partial charge in [0.2, 0.25) is 0 Å². The van der Waals surface area contributed by atoms with Crippen LogP contribution in [-0.2, 0) is 4.79 Å². The summed E-state index contributed by atoms with van der Waals surface area (Å²) < 4.78 is 0. The van der Waals surface area contributed by atoms with Crippen molar-refractivity contribution in [1.29, 1.82) is 0 Å². The summed E-state index contributed by atoms with van der Waals surface area (Å²) in [7, 11) is 0. The maximum atomic E-state index is 11.6. The molecule has 1 heteroatoms. The van der Waals surface area contributed by atoms with Crippen molar-refractivity contribution < 1.29 is 4.79 Å². The lowest BCUT2D eigenvalue weighted by molar-refractivity contribution is -0.112. The predicted octanol–water partition coefficient (Wildman–Crippen LogP) is 3.68. The fraction of sp³-hybridized carbons (Fsp3) is 0.0455. The molecule has 108 valence electrons. The van der Waals surface area contributed by atoms with Crippen molar-refractivity contribution >= 4 is 50.3 Å². The summed E-state index contributed by atoms with van der Waals surface area (Å²) in [5.41, 5.74) is 0. The Balaban J connectivity index is 1.99. The topological polar surface area (TPSA) is 17.1 Å². The molecule has 4 aromatic carbocycles. The van der Waals surface area contributed by atoms with Crippen LogP contribution in [0.2, 0.25) is 0 Å². The third-order valence-corrected chi connectivity index (χ3v) is 4.79. The summed E-state index contributed by atoms with van der Waals surface area (Å²) >= 11 is 0. The van der Waals surface area contributed by atoms with Crippen molar-refractivity contribution in [2.75, 3.05) is 0 Å². The van der Waals surface area contributed by atoms with Gasteiger partial charge in [-0.15, -0.1) is 0 Å². The van der Waals surface area contributed by atoms with Gasteiger partial charge in [0.05, 0.1) is 0 Å². The second-order valence-electron chi connectivity index (χ2n) is 6.17. The molecule has 5 rings (SSSR count). The van der Waals surface area contributed by atoms with Crippen LogP contribution < -0.4 is 10.4 Å². The lowest BCUT2D eigenvalue weighted by Crippen LogP contribution is -2.28. The summed E-state index contributed by atoms with van der Waals surface area (Å²) in [6, 6.07) is 21.6. The van der Waals surface area contributed by atoms with Crippen molar-refractivity contribution in [2.45, 2.75) is 6.42 Å². The Morgan fingerprint density at radius 1 is 0.652 bits per heavy atom. The fourth-order valence-corrected chi connectivity index (χ4v) is 3.65. The standard InChI is InChI=1S/C22H14O/c23-18-8-5-15-13-22-16(11-17(15)12-18)7-10-20-19-4-2-1-3-14(19)6-9-21(20)22/h1-7,9-13H,8H2. The first-order valence-corrected chi connectivity index (χ1v) is 7.89. The molecule has 1 aliphatic rings. The zero-order valence-electron chi connectivity index (χ0n) is 12.5. The molecule has 1 aliphatic carbocycles. The highest BCUT2D eigenvalue weighted by atomic mass is 16.1. The summed E-state index contributed by atoms with van der Waals surface area (Å²) in [4.78, 5) is 11.6. The van der Waals surface area contributed by atoms with Crippen molar-refractivity contribution in [3.05, 3.63) is 71.1 Å². The largest absolute Gasteiger partial charge is 0.294 e. The van der Waals surface area contributed by atoms with Crippen molar-refractivity contribution in [3.8, 4) is 0 Å². The Labute approximate surface area is 133 Å². The van der Waals surface area contributed by atoms with Crippen LogP contribution in [0.3, 0.4) is 0 Å². The van der Waals surface area contributed by atoms with E-state index < -0.39 is 0 Å². The highest BCUT2D eigenvalue weighted by molar-refractivity contribution is 6.17. The Kier molecular flexibility index (Phi) is 2.48. The molecule has 0 saturated heterocycles. The first-order chi connectivity index (χ1) is 11.3. The van der Waals surface area contributed by atoms with E-state index in [9.17, 15) is 4.79 Å². The van der Waals surface area contributed by atoms with Gasteiger partial charge in [0, 0.05) is 6.42 Å². The molecule has 4 aromatic rings. The maximum Gasteiger partial charge on any atom is 0.160 e. The summed E-state index contributed by atoms with van der Waals surface area (Å²) in [5.74, 6) is 0.184. The molecular formula is C22H14O. The molecule has 0 saturated carbocycles. The summed E-state index contributed by atoms with van der Waals surface area (Å²) in [6.07, 6.45) is 4.31. The van der Waals surface area contributed by atoms with E-state index in [0.29, 0.717) is 6.42 Å². The minimum Gasteiger partial charge on any atom is -0.294 e. The normalized spacial score (nSPS) is 13.8. The van der Waals surface area contributed by atoms with Crippen LogP contribution in [0.15, 0.2) is 60.7 Å². The van der Waals surface area contributed by atoms with Gasteiger partial charge in [-0.05, 0) is 61.0 Å². The Bertz CT molecular complexity index is 1250. The molecule has 0 fully saturated rings. The van der Waals surface area contributed by atoms with Gasteiger partial charge in [0.15, 0.2) is 5.78 Å². The molecule has 0 aliphatic heterocycles. The molecule has 1 nitrogen and oxygen atoms in total. The maximum absolute atomic E-state index is 11.6.